The maximum absolute atomic E-state index is 11.8. The summed E-state index contributed by atoms with van der Waals surface area (Å²) in [6.07, 6.45) is 1.66. The number of hydrogen-bond acceptors (Lipinski definition) is 3. The fourth-order valence-corrected chi connectivity index (χ4v) is 1.85. The van der Waals surface area contributed by atoms with E-state index in [1.807, 2.05) is 44.1 Å². The van der Waals surface area contributed by atoms with Gasteiger partial charge in [-0.15, -0.1) is 0 Å². The average molecular weight is 259 g/mol. The van der Waals surface area contributed by atoms with E-state index in [9.17, 15) is 4.79 Å². The number of esters is 1. The van der Waals surface area contributed by atoms with Crippen molar-refractivity contribution in [2.75, 3.05) is 21.2 Å². The van der Waals surface area contributed by atoms with Crippen LogP contribution in [-0.2, 0) is 4.74 Å². The Labute approximate surface area is 111 Å². The number of carbonyl (C=O) groups is 1. The highest BCUT2D eigenvalue weighted by Crippen LogP contribution is 2.31. The topological polar surface area (TPSA) is 57.7 Å². The third-order valence-electron chi connectivity index (χ3n) is 2.73. The average Bonchev–Trinajstić information content (AvgIpc) is 2.72. The first-order valence-electron chi connectivity index (χ1n) is 5.94. The summed E-state index contributed by atoms with van der Waals surface area (Å²) in [7, 11) is 5.11. The molecule has 0 saturated heterocycles. The third kappa shape index (κ3) is 2.59. The maximum Gasteiger partial charge on any atom is 0.356 e. The summed E-state index contributed by atoms with van der Waals surface area (Å²) < 4.78 is 4.79. The van der Waals surface area contributed by atoms with E-state index >= 15 is 0 Å². The molecule has 0 aliphatic rings. The smallest absolute Gasteiger partial charge is 0.356 e. The van der Waals surface area contributed by atoms with Gasteiger partial charge in [-0.25, -0.2) is 9.79 Å². The summed E-state index contributed by atoms with van der Waals surface area (Å²) in [5, 5.41) is 0.907. The summed E-state index contributed by atoms with van der Waals surface area (Å²) in [6.45, 7) is 2.00. The summed E-state index contributed by atoms with van der Waals surface area (Å²) in [5.74, 6) is -0.417. The van der Waals surface area contributed by atoms with E-state index in [1.54, 1.807) is 6.34 Å². The molecule has 0 amide bonds. The molecule has 0 atom stereocenters. The minimum absolute atomic E-state index is 0.376. The molecule has 0 aliphatic heterocycles. The molecule has 0 radical (unpaired) electrons. The minimum Gasteiger partial charge on any atom is -0.464 e. The van der Waals surface area contributed by atoms with Crippen molar-refractivity contribution in [2.24, 2.45) is 4.99 Å². The van der Waals surface area contributed by atoms with Crippen LogP contribution in [-0.4, -0.2) is 43.4 Å². The highest BCUT2D eigenvalue weighted by molar-refractivity contribution is 6.05. The lowest BCUT2D eigenvalue weighted by Crippen LogP contribution is -2.07. The number of methoxy groups -OCH3 is 1. The molecule has 0 bridgehead atoms. The number of fused-ring (bicyclic) bond motifs is 1. The summed E-state index contributed by atoms with van der Waals surface area (Å²) in [5.41, 5.74) is 2.98. The number of aliphatic imine (C=N–C) groups is 1. The van der Waals surface area contributed by atoms with Crippen LogP contribution in [0.25, 0.3) is 10.9 Å². The van der Waals surface area contributed by atoms with E-state index in [0.717, 1.165) is 16.5 Å². The molecule has 1 N–H and O–H groups in total. The number of aromatic amines is 1. The third-order valence-corrected chi connectivity index (χ3v) is 2.73. The van der Waals surface area contributed by atoms with E-state index < -0.39 is 5.97 Å². The Bertz CT molecular complexity index is 641. The standard InChI is InChI=1S/C14H17N3O2/c1-9-5-6-10-11(7-9)16-13(14(18)19-4)12(10)15-8-17(2)3/h5-8,16H,1-4H3. The molecule has 0 spiro atoms. The quantitative estimate of drug-likeness (QED) is 0.523. The number of carbonyl (C=O) groups excluding carboxylic acids is 1. The second-order valence-electron chi connectivity index (χ2n) is 4.60. The van der Waals surface area contributed by atoms with Crippen LogP contribution < -0.4 is 0 Å². The molecule has 0 unspecified atom stereocenters. The number of nitrogens with one attached hydrogen (secondary N) is 1. The van der Waals surface area contributed by atoms with Crippen LogP contribution in [0.4, 0.5) is 5.69 Å². The number of ether oxygens (including phenoxy) is 1. The summed E-state index contributed by atoms with van der Waals surface area (Å²) in [6, 6.07) is 5.93. The Kier molecular flexibility index (Phi) is 3.55. The molecule has 1 heterocycles. The van der Waals surface area contributed by atoms with Crippen molar-refractivity contribution in [1.82, 2.24) is 9.88 Å². The SMILES string of the molecule is COC(=O)c1[nH]c2cc(C)ccc2c1N=CN(C)C. The van der Waals surface area contributed by atoms with Crippen LogP contribution in [0.2, 0.25) is 0 Å². The van der Waals surface area contributed by atoms with Gasteiger partial charge in [0.1, 0.15) is 5.69 Å². The van der Waals surface area contributed by atoms with Gasteiger partial charge in [0.25, 0.3) is 0 Å². The number of rotatable bonds is 3. The Morgan fingerprint density at radius 1 is 1.42 bits per heavy atom. The lowest BCUT2D eigenvalue weighted by molar-refractivity contribution is 0.0596. The number of nitrogens with zero attached hydrogens (tertiary/aromatic N) is 2. The predicted molar refractivity (Wildman–Crippen MR) is 76.2 cm³/mol. The normalized spacial score (nSPS) is 11.2. The van der Waals surface area contributed by atoms with Gasteiger partial charge in [-0.05, 0) is 18.6 Å². The van der Waals surface area contributed by atoms with Crippen molar-refractivity contribution < 1.29 is 9.53 Å². The Hall–Kier alpha value is -2.30. The predicted octanol–water partition coefficient (Wildman–Crippen LogP) is 2.48. The molecule has 0 aliphatic carbocycles. The molecule has 1 aromatic heterocycles. The lowest BCUT2D eigenvalue weighted by Gasteiger charge is -2.03. The van der Waals surface area contributed by atoms with Crippen molar-refractivity contribution in [1.29, 1.82) is 0 Å². The molecule has 5 heteroatoms. The van der Waals surface area contributed by atoms with E-state index in [2.05, 4.69) is 9.98 Å². The van der Waals surface area contributed by atoms with Crippen molar-refractivity contribution in [3.8, 4) is 0 Å². The fraction of sp³-hybridized carbons (Fsp3) is 0.286. The molecule has 2 rings (SSSR count). The first-order valence-corrected chi connectivity index (χ1v) is 5.94. The van der Waals surface area contributed by atoms with Gasteiger partial charge in [0, 0.05) is 25.0 Å². The molecule has 100 valence electrons. The van der Waals surface area contributed by atoms with Gasteiger partial charge >= 0.3 is 5.97 Å². The van der Waals surface area contributed by atoms with Crippen LogP contribution in [0.1, 0.15) is 16.1 Å². The largest absolute Gasteiger partial charge is 0.464 e. The van der Waals surface area contributed by atoms with E-state index in [-0.39, 0.29) is 0 Å². The van der Waals surface area contributed by atoms with E-state index in [1.165, 1.54) is 7.11 Å². The van der Waals surface area contributed by atoms with Crippen molar-refractivity contribution in [3.05, 3.63) is 29.5 Å². The molecule has 19 heavy (non-hydrogen) atoms. The van der Waals surface area contributed by atoms with Crippen LogP contribution in [0.5, 0.6) is 0 Å². The number of aryl methyl sites for hydroxylation is 1. The molecule has 2 aromatic rings. The number of aromatic nitrogens is 1. The second kappa shape index (κ2) is 5.14. The van der Waals surface area contributed by atoms with Gasteiger partial charge < -0.3 is 14.6 Å². The van der Waals surface area contributed by atoms with Crippen LogP contribution in [0.15, 0.2) is 23.2 Å². The van der Waals surface area contributed by atoms with Crippen LogP contribution in [0.3, 0.4) is 0 Å². The highest BCUT2D eigenvalue weighted by Gasteiger charge is 2.17. The van der Waals surface area contributed by atoms with E-state index in [0.29, 0.717) is 11.4 Å². The van der Waals surface area contributed by atoms with Gasteiger partial charge in [-0.3, -0.25) is 0 Å². The minimum atomic E-state index is -0.417. The molecule has 0 saturated carbocycles. The number of benzene rings is 1. The van der Waals surface area contributed by atoms with Gasteiger partial charge in [0.05, 0.1) is 13.4 Å². The van der Waals surface area contributed by atoms with Gasteiger partial charge in [-0.1, -0.05) is 12.1 Å². The zero-order valence-electron chi connectivity index (χ0n) is 11.5. The number of H-pyrrole nitrogens is 1. The van der Waals surface area contributed by atoms with Crippen LogP contribution >= 0.6 is 0 Å². The Morgan fingerprint density at radius 2 is 2.16 bits per heavy atom. The van der Waals surface area contributed by atoms with Gasteiger partial charge in [0.15, 0.2) is 5.69 Å². The molecule has 5 nitrogen and oxygen atoms in total. The zero-order valence-corrected chi connectivity index (χ0v) is 11.5. The van der Waals surface area contributed by atoms with Crippen molar-refractivity contribution >= 4 is 28.9 Å². The Morgan fingerprint density at radius 3 is 2.79 bits per heavy atom. The Balaban J connectivity index is 2.64. The second-order valence-corrected chi connectivity index (χ2v) is 4.60. The fourth-order valence-electron chi connectivity index (χ4n) is 1.85. The van der Waals surface area contributed by atoms with Gasteiger partial charge in [0.2, 0.25) is 0 Å². The highest BCUT2D eigenvalue weighted by atomic mass is 16.5. The lowest BCUT2D eigenvalue weighted by atomic mass is 10.1. The van der Waals surface area contributed by atoms with Crippen LogP contribution in [0, 0.1) is 6.92 Å². The molecular formula is C14H17N3O2. The maximum atomic E-state index is 11.8. The zero-order chi connectivity index (χ0) is 14.0. The van der Waals surface area contributed by atoms with E-state index in [4.69, 9.17) is 4.74 Å². The van der Waals surface area contributed by atoms with Crippen molar-refractivity contribution in [3.63, 3.8) is 0 Å². The first-order chi connectivity index (χ1) is 9.02. The van der Waals surface area contributed by atoms with Crippen molar-refractivity contribution in [2.45, 2.75) is 6.92 Å². The summed E-state index contributed by atoms with van der Waals surface area (Å²) in [4.78, 5) is 21.0. The monoisotopic (exact) mass is 259 g/mol. The molecule has 0 fully saturated rings. The molecular weight excluding hydrogens is 242 g/mol. The molecule has 1 aromatic carbocycles. The van der Waals surface area contributed by atoms with Gasteiger partial charge in [-0.2, -0.15) is 0 Å². The summed E-state index contributed by atoms with van der Waals surface area (Å²) >= 11 is 0. The number of hydrogen-bond donors (Lipinski definition) is 1. The first kappa shape index (κ1) is 13.1.